The lowest BCUT2D eigenvalue weighted by Crippen LogP contribution is -2.16. The molecule has 0 atom stereocenters. The van der Waals surface area contributed by atoms with Crippen LogP contribution >= 0.6 is 15.9 Å². The summed E-state index contributed by atoms with van der Waals surface area (Å²) in [6.45, 7) is 0. The number of alkyl halides is 3. The maximum atomic E-state index is 12.1. The number of hydrogen-bond acceptors (Lipinski definition) is 5. The summed E-state index contributed by atoms with van der Waals surface area (Å²) in [4.78, 5) is 4.14. The monoisotopic (exact) mass is 400 g/mol. The van der Waals surface area contributed by atoms with Gasteiger partial charge in [-0.25, -0.2) is 0 Å². The van der Waals surface area contributed by atoms with Gasteiger partial charge in [0.25, 0.3) is 5.89 Å². The van der Waals surface area contributed by atoms with Crippen molar-refractivity contribution >= 4 is 15.9 Å². The molecule has 0 fully saturated rings. The van der Waals surface area contributed by atoms with E-state index < -0.39 is 6.36 Å². The van der Waals surface area contributed by atoms with Crippen LogP contribution in [0.4, 0.5) is 13.2 Å². The molecule has 0 unspecified atom stereocenters. The van der Waals surface area contributed by atoms with Crippen LogP contribution in [0.25, 0.3) is 22.8 Å². The maximum absolute atomic E-state index is 12.1. The summed E-state index contributed by atoms with van der Waals surface area (Å²) in [7, 11) is 0. The summed E-state index contributed by atoms with van der Waals surface area (Å²) in [6.07, 6.45) is -4.75. The predicted octanol–water partition coefficient (Wildman–Crippen LogP) is 4.77. The molecule has 0 aliphatic carbocycles. The Balaban J connectivity index is 1.87. The van der Waals surface area contributed by atoms with Gasteiger partial charge in [-0.1, -0.05) is 21.1 Å². The Labute approximate surface area is 141 Å². The van der Waals surface area contributed by atoms with E-state index in [1.165, 1.54) is 18.2 Å². The van der Waals surface area contributed by atoms with E-state index in [1.807, 2.05) is 0 Å². The number of ether oxygens (including phenoxy) is 1. The second-order valence-corrected chi connectivity index (χ2v) is 5.57. The highest BCUT2D eigenvalue weighted by Gasteiger charge is 2.31. The van der Waals surface area contributed by atoms with Gasteiger partial charge < -0.3 is 14.4 Å². The minimum Gasteiger partial charge on any atom is -0.507 e. The van der Waals surface area contributed by atoms with Gasteiger partial charge >= 0.3 is 6.36 Å². The molecule has 0 saturated heterocycles. The Morgan fingerprint density at radius 2 is 1.79 bits per heavy atom. The third-order valence-electron chi connectivity index (χ3n) is 2.96. The van der Waals surface area contributed by atoms with Gasteiger partial charge in [-0.2, -0.15) is 4.98 Å². The maximum Gasteiger partial charge on any atom is 0.573 e. The Morgan fingerprint density at radius 3 is 2.46 bits per heavy atom. The van der Waals surface area contributed by atoms with Crippen molar-refractivity contribution in [3.8, 4) is 34.3 Å². The fourth-order valence-electron chi connectivity index (χ4n) is 1.94. The first-order chi connectivity index (χ1) is 11.3. The lowest BCUT2D eigenvalue weighted by Gasteiger charge is -2.08. The summed E-state index contributed by atoms with van der Waals surface area (Å²) in [5, 5.41) is 13.6. The molecule has 0 saturated carbocycles. The van der Waals surface area contributed by atoms with Crippen LogP contribution in [0.5, 0.6) is 11.5 Å². The van der Waals surface area contributed by atoms with Gasteiger partial charge in [-0.15, -0.1) is 13.2 Å². The Morgan fingerprint density at radius 1 is 1.08 bits per heavy atom. The van der Waals surface area contributed by atoms with Crippen LogP contribution in [-0.4, -0.2) is 21.6 Å². The average molecular weight is 401 g/mol. The molecule has 9 heteroatoms. The standard InChI is InChI=1S/C15H8BrF3N2O3/c16-9-3-6-12(22)11(7-9)14-20-13(21-24-14)8-1-4-10(5-2-8)23-15(17,18)19/h1-7,22H. The number of rotatable bonds is 3. The largest absolute Gasteiger partial charge is 0.573 e. The second-order valence-electron chi connectivity index (χ2n) is 4.66. The Kier molecular flexibility index (Phi) is 4.18. The molecule has 0 aliphatic rings. The van der Waals surface area contributed by atoms with Crippen molar-refractivity contribution in [1.82, 2.24) is 10.1 Å². The van der Waals surface area contributed by atoms with Crippen molar-refractivity contribution in [2.24, 2.45) is 0 Å². The van der Waals surface area contributed by atoms with E-state index in [9.17, 15) is 18.3 Å². The van der Waals surface area contributed by atoms with Crippen LogP contribution in [0.2, 0.25) is 0 Å². The number of hydrogen-bond donors (Lipinski definition) is 1. The Hall–Kier alpha value is -2.55. The zero-order chi connectivity index (χ0) is 17.3. The van der Waals surface area contributed by atoms with Crippen molar-refractivity contribution in [2.45, 2.75) is 6.36 Å². The molecule has 2 aromatic carbocycles. The lowest BCUT2D eigenvalue weighted by atomic mass is 10.2. The van der Waals surface area contributed by atoms with Gasteiger partial charge in [0, 0.05) is 10.0 Å². The molecule has 1 N–H and O–H groups in total. The number of benzene rings is 2. The highest BCUT2D eigenvalue weighted by molar-refractivity contribution is 9.10. The normalized spacial score (nSPS) is 11.5. The van der Waals surface area contributed by atoms with Gasteiger partial charge in [-0.3, -0.25) is 0 Å². The molecule has 24 heavy (non-hydrogen) atoms. The van der Waals surface area contributed by atoms with Crippen molar-refractivity contribution < 1.29 is 27.5 Å². The van der Waals surface area contributed by atoms with E-state index in [1.54, 1.807) is 12.1 Å². The SMILES string of the molecule is Oc1ccc(Br)cc1-c1nc(-c2ccc(OC(F)(F)F)cc2)no1. The van der Waals surface area contributed by atoms with Crippen molar-refractivity contribution in [1.29, 1.82) is 0 Å². The molecule has 3 aromatic rings. The molecule has 1 heterocycles. The molecule has 0 amide bonds. The number of halogens is 4. The van der Waals surface area contributed by atoms with Gasteiger partial charge in [-0.05, 0) is 42.5 Å². The molecule has 0 bridgehead atoms. The third kappa shape index (κ3) is 3.67. The van der Waals surface area contributed by atoms with Crippen LogP contribution in [0, 0.1) is 0 Å². The van der Waals surface area contributed by atoms with Crippen molar-refractivity contribution in [3.63, 3.8) is 0 Å². The topological polar surface area (TPSA) is 68.4 Å². The fourth-order valence-corrected chi connectivity index (χ4v) is 2.30. The molecule has 124 valence electrons. The van der Waals surface area contributed by atoms with E-state index >= 15 is 0 Å². The lowest BCUT2D eigenvalue weighted by molar-refractivity contribution is -0.274. The summed E-state index contributed by atoms with van der Waals surface area (Å²) in [6, 6.07) is 9.76. The van der Waals surface area contributed by atoms with E-state index in [0.717, 1.165) is 12.1 Å². The van der Waals surface area contributed by atoms with E-state index in [-0.39, 0.29) is 23.2 Å². The van der Waals surface area contributed by atoms with E-state index in [0.29, 0.717) is 15.6 Å². The molecular weight excluding hydrogens is 393 g/mol. The van der Waals surface area contributed by atoms with Crippen LogP contribution in [-0.2, 0) is 0 Å². The van der Waals surface area contributed by atoms with E-state index in [4.69, 9.17) is 4.52 Å². The first-order valence-corrected chi connectivity index (χ1v) is 7.30. The van der Waals surface area contributed by atoms with Crippen LogP contribution in [0.15, 0.2) is 51.5 Å². The molecule has 3 rings (SSSR count). The van der Waals surface area contributed by atoms with Crippen molar-refractivity contribution in [2.75, 3.05) is 0 Å². The average Bonchev–Trinajstić information content (AvgIpc) is 2.98. The molecule has 1 aromatic heterocycles. The first-order valence-electron chi connectivity index (χ1n) is 6.50. The quantitative estimate of drug-likeness (QED) is 0.685. The summed E-state index contributed by atoms with van der Waals surface area (Å²) >= 11 is 3.27. The van der Waals surface area contributed by atoms with Crippen LogP contribution in [0.1, 0.15) is 0 Å². The molecule has 0 spiro atoms. The summed E-state index contributed by atoms with van der Waals surface area (Å²) in [5.74, 6) is -0.135. The number of phenols is 1. The van der Waals surface area contributed by atoms with Gasteiger partial charge in [0.15, 0.2) is 0 Å². The molecular formula is C15H8BrF3N2O3. The molecule has 0 aliphatic heterocycles. The number of nitrogens with zero attached hydrogens (tertiary/aromatic N) is 2. The fraction of sp³-hybridized carbons (Fsp3) is 0.0667. The number of phenolic OH excluding ortho intramolecular Hbond substituents is 1. The van der Waals surface area contributed by atoms with Crippen LogP contribution in [0.3, 0.4) is 0 Å². The number of aromatic nitrogens is 2. The smallest absolute Gasteiger partial charge is 0.507 e. The van der Waals surface area contributed by atoms with Crippen molar-refractivity contribution in [3.05, 3.63) is 46.9 Å². The molecule has 0 radical (unpaired) electrons. The summed E-state index contributed by atoms with van der Waals surface area (Å²) in [5.41, 5.74) is 0.772. The number of aromatic hydroxyl groups is 1. The second kappa shape index (κ2) is 6.16. The minimum atomic E-state index is -4.75. The van der Waals surface area contributed by atoms with E-state index in [2.05, 4.69) is 30.8 Å². The highest BCUT2D eigenvalue weighted by atomic mass is 79.9. The third-order valence-corrected chi connectivity index (χ3v) is 3.45. The minimum absolute atomic E-state index is 0.0395. The van der Waals surface area contributed by atoms with Crippen LogP contribution < -0.4 is 4.74 Å². The zero-order valence-corrected chi connectivity index (χ0v) is 13.3. The first kappa shape index (κ1) is 16.3. The predicted molar refractivity (Wildman–Crippen MR) is 81.2 cm³/mol. The zero-order valence-electron chi connectivity index (χ0n) is 11.7. The highest BCUT2D eigenvalue weighted by Crippen LogP contribution is 2.32. The van der Waals surface area contributed by atoms with Gasteiger partial charge in [0.05, 0.1) is 5.56 Å². The Bertz CT molecular complexity index is 863. The summed E-state index contributed by atoms with van der Waals surface area (Å²) < 4.78 is 46.0. The van der Waals surface area contributed by atoms with Gasteiger partial charge in [0.2, 0.25) is 5.82 Å². The van der Waals surface area contributed by atoms with Gasteiger partial charge in [0.1, 0.15) is 11.5 Å². The molecule has 5 nitrogen and oxygen atoms in total.